The lowest BCUT2D eigenvalue weighted by Crippen LogP contribution is -2.43. The number of carbonyl (C=O) groups excluding carboxylic acids is 4. The highest BCUT2D eigenvalue weighted by Gasteiger charge is 2.31. The number of aryl methyl sites for hydroxylation is 2. The van der Waals surface area contributed by atoms with Crippen LogP contribution in [0.25, 0.3) is 10.6 Å². The first-order valence-electron chi connectivity index (χ1n) is 18.1. The van der Waals surface area contributed by atoms with E-state index in [4.69, 9.17) is 9.47 Å². The molecule has 55 heavy (non-hydrogen) atoms. The van der Waals surface area contributed by atoms with Gasteiger partial charge in [0.05, 0.1) is 64.0 Å². The van der Waals surface area contributed by atoms with E-state index in [2.05, 4.69) is 25.9 Å². The third-order valence-electron chi connectivity index (χ3n) is 9.46. The summed E-state index contributed by atoms with van der Waals surface area (Å²) in [5.41, 5.74) is 4.60. The fraction of sp³-hybridized carbons (Fsp3) is 0.268. The second kappa shape index (κ2) is 16.4. The molecule has 2 aliphatic rings. The molecule has 5 aromatic rings. The van der Waals surface area contributed by atoms with Gasteiger partial charge >= 0.3 is 0 Å². The number of ether oxygens (including phenoxy) is 2. The van der Waals surface area contributed by atoms with Crippen LogP contribution >= 0.6 is 11.3 Å². The highest BCUT2D eigenvalue weighted by molar-refractivity contribution is 7.17. The molecule has 7 rings (SSSR count). The van der Waals surface area contributed by atoms with Gasteiger partial charge in [0, 0.05) is 44.2 Å². The molecule has 1 saturated heterocycles. The van der Waals surface area contributed by atoms with Crippen LogP contribution in [0.15, 0.2) is 84.1 Å². The number of carbonyl (C=O) groups is 4. The molecule has 1 fully saturated rings. The highest BCUT2D eigenvalue weighted by Crippen LogP contribution is 2.38. The maximum atomic E-state index is 13.3. The third kappa shape index (κ3) is 8.44. The van der Waals surface area contributed by atoms with Crippen molar-refractivity contribution in [3.8, 4) is 22.1 Å². The van der Waals surface area contributed by atoms with Crippen molar-refractivity contribution in [1.29, 1.82) is 0 Å². The maximum absolute atomic E-state index is 13.3. The summed E-state index contributed by atoms with van der Waals surface area (Å²) in [5.74, 6) is 0.0503. The normalized spacial score (nSPS) is 14.7. The van der Waals surface area contributed by atoms with Crippen molar-refractivity contribution in [2.45, 2.75) is 45.1 Å². The van der Waals surface area contributed by atoms with Gasteiger partial charge in [0.1, 0.15) is 5.69 Å². The quantitative estimate of drug-likeness (QED) is 0.111. The zero-order valence-corrected chi connectivity index (χ0v) is 31.6. The van der Waals surface area contributed by atoms with Crippen molar-refractivity contribution in [3.05, 3.63) is 101 Å². The predicted octanol–water partition coefficient (Wildman–Crippen LogP) is 7.48. The molecule has 0 aliphatic carbocycles. The number of aliphatic imine (C=N–C) groups is 1. The first-order valence-corrected chi connectivity index (χ1v) is 18.9. The molecule has 282 valence electrons. The Morgan fingerprint density at radius 2 is 1.75 bits per heavy atom. The molecule has 0 saturated carbocycles. The number of benzene rings is 2. The van der Waals surface area contributed by atoms with Crippen molar-refractivity contribution in [3.63, 3.8) is 0 Å². The van der Waals surface area contributed by atoms with Gasteiger partial charge in [0.15, 0.2) is 11.5 Å². The number of methoxy groups -OCH3 is 1. The van der Waals surface area contributed by atoms with Crippen LogP contribution < -0.4 is 25.4 Å². The van der Waals surface area contributed by atoms with E-state index in [0.29, 0.717) is 63.4 Å². The second-order valence-electron chi connectivity index (χ2n) is 13.4. The zero-order chi connectivity index (χ0) is 38.5. The SMILES string of the molecule is COc1cc2c(cc1OCCCC(=O)Nc1cc(C(=O)Nc3ccc(-c4cc(C)c(C(=O)Nc5ccccc5)s4)nc3)n(C)c1)N=CC1CCCCN1C2=O. The number of rotatable bonds is 12. The molecule has 2 aromatic carbocycles. The number of para-hydroxylation sites is 1. The van der Waals surface area contributed by atoms with E-state index in [-0.39, 0.29) is 42.7 Å². The Hall–Kier alpha value is -6.28. The van der Waals surface area contributed by atoms with Gasteiger partial charge < -0.3 is 34.9 Å². The van der Waals surface area contributed by atoms with Crippen LogP contribution in [0.3, 0.4) is 0 Å². The molecule has 1 unspecified atom stereocenters. The van der Waals surface area contributed by atoms with Crippen LogP contribution in [0.2, 0.25) is 0 Å². The van der Waals surface area contributed by atoms with E-state index in [1.165, 1.54) is 18.4 Å². The Bertz CT molecular complexity index is 2260. The van der Waals surface area contributed by atoms with E-state index < -0.39 is 0 Å². The van der Waals surface area contributed by atoms with Crippen LogP contribution in [0.5, 0.6) is 11.5 Å². The van der Waals surface area contributed by atoms with E-state index in [1.807, 2.05) is 54.4 Å². The average Bonchev–Trinajstić information content (AvgIpc) is 3.73. The number of aromatic nitrogens is 2. The molecular weight excluding hydrogens is 719 g/mol. The largest absolute Gasteiger partial charge is 0.493 e. The van der Waals surface area contributed by atoms with Gasteiger partial charge in [0.2, 0.25) is 5.91 Å². The Morgan fingerprint density at radius 1 is 0.927 bits per heavy atom. The van der Waals surface area contributed by atoms with Gasteiger partial charge in [-0.2, -0.15) is 0 Å². The topological polar surface area (TPSA) is 156 Å². The van der Waals surface area contributed by atoms with Crippen molar-refractivity contribution < 1.29 is 28.7 Å². The van der Waals surface area contributed by atoms with E-state index in [0.717, 1.165) is 35.4 Å². The summed E-state index contributed by atoms with van der Waals surface area (Å²) in [5, 5.41) is 8.63. The van der Waals surface area contributed by atoms with Gasteiger partial charge in [-0.25, -0.2) is 0 Å². The molecule has 3 N–H and O–H groups in total. The molecule has 0 bridgehead atoms. The lowest BCUT2D eigenvalue weighted by Gasteiger charge is -2.32. The predicted molar refractivity (Wildman–Crippen MR) is 213 cm³/mol. The molecule has 0 radical (unpaired) electrons. The lowest BCUT2D eigenvalue weighted by molar-refractivity contribution is -0.116. The summed E-state index contributed by atoms with van der Waals surface area (Å²) >= 11 is 1.35. The highest BCUT2D eigenvalue weighted by atomic mass is 32.1. The van der Waals surface area contributed by atoms with Gasteiger partial charge in [-0.15, -0.1) is 11.3 Å². The number of pyridine rings is 1. The van der Waals surface area contributed by atoms with Crippen LogP contribution in [-0.4, -0.2) is 70.6 Å². The smallest absolute Gasteiger partial charge is 0.272 e. The van der Waals surface area contributed by atoms with Crippen molar-refractivity contribution in [2.75, 3.05) is 36.2 Å². The first kappa shape index (κ1) is 37.1. The van der Waals surface area contributed by atoms with Crippen LogP contribution in [0.1, 0.15) is 68.2 Å². The number of nitrogens with one attached hydrogen (secondary N) is 3. The van der Waals surface area contributed by atoms with Crippen LogP contribution in [0.4, 0.5) is 22.7 Å². The number of fused-ring (bicyclic) bond motifs is 2. The molecular formula is C41H41N7O6S. The molecule has 5 heterocycles. The number of hydrogen-bond acceptors (Lipinski definition) is 9. The summed E-state index contributed by atoms with van der Waals surface area (Å²) in [6.45, 7) is 2.83. The Morgan fingerprint density at radius 3 is 2.53 bits per heavy atom. The number of amides is 4. The van der Waals surface area contributed by atoms with Gasteiger partial charge in [-0.3, -0.25) is 29.2 Å². The van der Waals surface area contributed by atoms with Crippen LogP contribution in [-0.2, 0) is 11.8 Å². The maximum Gasteiger partial charge on any atom is 0.272 e. The van der Waals surface area contributed by atoms with E-state index in [1.54, 1.807) is 54.3 Å². The minimum Gasteiger partial charge on any atom is -0.493 e. The Balaban J connectivity index is 0.900. The standard InChI is InChI=1S/C41H41N7O6S/c1-25-18-36(55-38(25)40(51)45-26-10-5-4-6-11-26)31-15-14-27(22-42-31)46-39(50)33-19-28(24-47(33)2)44-37(49)13-9-17-54-35-21-32-30(20-34(35)53-3)41(52)48-16-8-7-12-29(48)23-43-32/h4-6,10-11,14-15,18-24,29H,7-9,12-13,16-17H2,1-3H3,(H,44,49)(H,45,51)(H,46,50). The van der Waals surface area contributed by atoms with Gasteiger partial charge in [-0.05, 0) is 80.6 Å². The fourth-order valence-electron chi connectivity index (χ4n) is 6.63. The Labute approximate surface area is 322 Å². The van der Waals surface area contributed by atoms with Crippen molar-refractivity contribution in [2.24, 2.45) is 12.0 Å². The summed E-state index contributed by atoms with van der Waals surface area (Å²) in [6, 6.07) is 19.8. The lowest BCUT2D eigenvalue weighted by atomic mass is 10.0. The summed E-state index contributed by atoms with van der Waals surface area (Å²) in [7, 11) is 3.25. The van der Waals surface area contributed by atoms with E-state index in [9.17, 15) is 19.2 Å². The Kier molecular flexibility index (Phi) is 11.0. The number of hydrogen-bond donors (Lipinski definition) is 3. The zero-order valence-electron chi connectivity index (χ0n) is 30.8. The van der Waals surface area contributed by atoms with Gasteiger partial charge in [-0.1, -0.05) is 18.2 Å². The monoisotopic (exact) mass is 759 g/mol. The molecule has 0 spiro atoms. The molecule has 1 atom stereocenters. The minimum absolute atomic E-state index is 0.00674. The van der Waals surface area contributed by atoms with Crippen molar-refractivity contribution in [1.82, 2.24) is 14.5 Å². The second-order valence-corrected chi connectivity index (χ2v) is 14.5. The molecule has 13 nitrogen and oxygen atoms in total. The summed E-state index contributed by atoms with van der Waals surface area (Å²) in [6.07, 6.45) is 8.62. The fourth-order valence-corrected chi connectivity index (χ4v) is 7.68. The summed E-state index contributed by atoms with van der Waals surface area (Å²) < 4.78 is 13.2. The number of anilines is 3. The van der Waals surface area contributed by atoms with Crippen LogP contribution in [0, 0.1) is 6.92 Å². The van der Waals surface area contributed by atoms with Crippen molar-refractivity contribution >= 4 is 63.9 Å². The number of nitrogens with zero attached hydrogens (tertiary/aromatic N) is 4. The number of thiophene rings is 1. The number of piperidine rings is 1. The minimum atomic E-state index is -0.366. The molecule has 4 amide bonds. The third-order valence-corrected chi connectivity index (χ3v) is 10.7. The molecule has 14 heteroatoms. The molecule has 3 aromatic heterocycles. The summed E-state index contributed by atoms with van der Waals surface area (Å²) in [4.78, 5) is 64.6. The van der Waals surface area contributed by atoms with E-state index >= 15 is 0 Å². The molecule has 2 aliphatic heterocycles. The first-order chi connectivity index (χ1) is 26.7. The average molecular weight is 760 g/mol. The van der Waals surface area contributed by atoms with Gasteiger partial charge in [0.25, 0.3) is 17.7 Å².